The van der Waals surface area contributed by atoms with E-state index in [1.807, 2.05) is 18.2 Å². The first kappa shape index (κ1) is 10.7. The number of hydrogen-bond acceptors (Lipinski definition) is 3. The van der Waals surface area contributed by atoms with E-state index in [0.717, 1.165) is 17.7 Å². The molecule has 1 aromatic rings. The van der Waals surface area contributed by atoms with Gasteiger partial charge >= 0.3 is 0 Å². The quantitative estimate of drug-likeness (QED) is 0.806. The zero-order valence-electron chi connectivity index (χ0n) is 8.79. The number of rotatable bonds is 3. The fourth-order valence-electron chi connectivity index (χ4n) is 1.88. The van der Waals surface area contributed by atoms with Gasteiger partial charge in [0.05, 0.1) is 13.2 Å². The third-order valence-corrected chi connectivity index (χ3v) is 2.84. The maximum Gasteiger partial charge on any atom is 0.126 e. The normalized spacial score (nSPS) is 23.7. The van der Waals surface area contributed by atoms with Gasteiger partial charge in [0.25, 0.3) is 0 Å². The summed E-state index contributed by atoms with van der Waals surface area (Å²) in [6, 6.07) is 5.78. The Kier molecular flexibility index (Phi) is 3.14. The van der Waals surface area contributed by atoms with Crippen LogP contribution in [-0.4, -0.2) is 13.2 Å². The van der Waals surface area contributed by atoms with Crippen molar-refractivity contribution in [3.05, 3.63) is 28.8 Å². The Labute approximate surface area is 94.3 Å². The molecule has 1 aromatic carbocycles. The van der Waals surface area contributed by atoms with Gasteiger partial charge < -0.3 is 9.57 Å². The molecule has 4 heteroatoms. The molecule has 0 spiro atoms. The van der Waals surface area contributed by atoms with E-state index in [4.69, 9.17) is 21.2 Å². The molecule has 2 rings (SSSR count). The molecule has 1 heterocycles. The lowest BCUT2D eigenvalue weighted by Gasteiger charge is -2.17. The van der Waals surface area contributed by atoms with Crippen molar-refractivity contribution >= 4 is 11.6 Å². The Hall–Kier alpha value is -0.770. The number of halogens is 1. The van der Waals surface area contributed by atoms with Crippen LogP contribution in [0.5, 0.6) is 5.75 Å². The molecular weight excluding hydrogens is 214 g/mol. The smallest absolute Gasteiger partial charge is 0.126 e. The largest absolute Gasteiger partial charge is 0.488 e. The number of nitrogens with one attached hydrogen (secondary N) is 1. The Balaban J connectivity index is 2.31. The second-order valence-corrected chi connectivity index (χ2v) is 3.98. The van der Waals surface area contributed by atoms with Crippen molar-refractivity contribution in [3.63, 3.8) is 0 Å². The average molecular weight is 228 g/mol. The predicted molar refractivity (Wildman–Crippen MR) is 59.0 cm³/mol. The molecule has 0 saturated heterocycles. The van der Waals surface area contributed by atoms with E-state index in [1.54, 1.807) is 7.11 Å². The predicted octanol–water partition coefficient (Wildman–Crippen LogP) is 2.70. The molecule has 0 aliphatic carbocycles. The van der Waals surface area contributed by atoms with Gasteiger partial charge in [-0.05, 0) is 18.6 Å². The summed E-state index contributed by atoms with van der Waals surface area (Å²) in [4.78, 5) is 4.98. The summed E-state index contributed by atoms with van der Waals surface area (Å²) < 4.78 is 5.78. The minimum absolute atomic E-state index is 0.0901. The Morgan fingerprint density at radius 1 is 1.53 bits per heavy atom. The van der Waals surface area contributed by atoms with E-state index in [0.29, 0.717) is 5.02 Å². The fourth-order valence-corrected chi connectivity index (χ4v) is 2.05. The van der Waals surface area contributed by atoms with Crippen LogP contribution in [-0.2, 0) is 4.84 Å². The van der Waals surface area contributed by atoms with E-state index in [1.165, 1.54) is 0 Å². The zero-order chi connectivity index (χ0) is 10.8. The first-order valence-corrected chi connectivity index (χ1v) is 5.38. The van der Waals surface area contributed by atoms with Crippen LogP contribution in [0, 0.1) is 0 Å². The number of hydrogen-bond donors (Lipinski definition) is 1. The molecule has 1 N–H and O–H groups in total. The number of benzene rings is 1. The third kappa shape index (κ3) is 1.95. The van der Waals surface area contributed by atoms with Crippen molar-refractivity contribution in [3.8, 4) is 5.75 Å². The van der Waals surface area contributed by atoms with Crippen molar-refractivity contribution in [2.45, 2.75) is 25.5 Å². The summed E-state index contributed by atoms with van der Waals surface area (Å²) in [5, 5.41) is 0.696. The topological polar surface area (TPSA) is 30.5 Å². The minimum Gasteiger partial charge on any atom is -0.488 e. The van der Waals surface area contributed by atoms with Crippen molar-refractivity contribution < 1.29 is 9.57 Å². The molecule has 82 valence electrons. The molecule has 0 amide bonds. The molecule has 1 aliphatic rings. The van der Waals surface area contributed by atoms with Gasteiger partial charge in [0.15, 0.2) is 0 Å². The third-order valence-electron chi connectivity index (χ3n) is 2.61. The molecule has 1 aliphatic heterocycles. The van der Waals surface area contributed by atoms with Gasteiger partial charge in [-0.25, -0.2) is 0 Å². The van der Waals surface area contributed by atoms with Gasteiger partial charge in [0, 0.05) is 10.6 Å². The van der Waals surface area contributed by atoms with Gasteiger partial charge in [0.1, 0.15) is 11.9 Å². The lowest BCUT2D eigenvalue weighted by atomic mass is 10.0. The standard InChI is InChI=1S/C11H14ClNO2/c1-3-9-11(13-14-2)8-5-4-7(12)6-10(8)15-9/h4-6,9,11,13H,3H2,1-2H3. The molecule has 15 heavy (non-hydrogen) atoms. The van der Waals surface area contributed by atoms with Crippen LogP contribution >= 0.6 is 11.6 Å². The lowest BCUT2D eigenvalue weighted by molar-refractivity contribution is 0.0283. The van der Waals surface area contributed by atoms with Crippen molar-refractivity contribution in [2.24, 2.45) is 0 Å². The summed E-state index contributed by atoms with van der Waals surface area (Å²) in [6.45, 7) is 2.09. The Bertz CT molecular complexity index is 356. The molecule has 0 aromatic heterocycles. The Morgan fingerprint density at radius 3 is 3.00 bits per heavy atom. The van der Waals surface area contributed by atoms with Crippen molar-refractivity contribution in [2.75, 3.05) is 7.11 Å². The fraction of sp³-hybridized carbons (Fsp3) is 0.455. The highest BCUT2D eigenvalue weighted by Gasteiger charge is 2.33. The van der Waals surface area contributed by atoms with Crippen LogP contribution in [0.25, 0.3) is 0 Å². The number of hydroxylamine groups is 1. The van der Waals surface area contributed by atoms with Gasteiger partial charge in [-0.15, -0.1) is 0 Å². The van der Waals surface area contributed by atoms with E-state index in [2.05, 4.69) is 12.4 Å². The van der Waals surface area contributed by atoms with Crippen LogP contribution in [0.3, 0.4) is 0 Å². The van der Waals surface area contributed by atoms with Crippen molar-refractivity contribution in [1.29, 1.82) is 0 Å². The molecule has 0 saturated carbocycles. The van der Waals surface area contributed by atoms with E-state index >= 15 is 0 Å². The maximum atomic E-state index is 5.91. The van der Waals surface area contributed by atoms with Gasteiger partial charge in [-0.3, -0.25) is 0 Å². The van der Waals surface area contributed by atoms with Gasteiger partial charge in [0.2, 0.25) is 0 Å². The molecule has 0 radical (unpaired) electrons. The van der Waals surface area contributed by atoms with Crippen LogP contribution in [0.15, 0.2) is 18.2 Å². The SMILES string of the molecule is CCC1Oc2cc(Cl)ccc2C1NOC. The molecule has 2 atom stereocenters. The lowest BCUT2D eigenvalue weighted by Crippen LogP contribution is -2.29. The highest BCUT2D eigenvalue weighted by atomic mass is 35.5. The summed E-state index contributed by atoms with van der Waals surface area (Å²) in [6.07, 6.45) is 1.03. The van der Waals surface area contributed by atoms with Crippen LogP contribution in [0.4, 0.5) is 0 Å². The minimum atomic E-state index is 0.0901. The van der Waals surface area contributed by atoms with Crippen LogP contribution in [0.2, 0.25) is 5.02 Å². The van der Waals surface area contributed by atoms with Crippen LogP contribution < -0.4 is 10.2 Å². The molecule has 0 fully saturated rings. The van der Waals surface area contributed by atoms with Crippen LogP contribution in [0.1, 0.15) is 24.9 Å². The molecular formula is C11H14ClNO2. The van der Waals surface area contributed by atoms with Gasteiger partial charge in [-0.2, -0.15) is 5.48 Å². The maximum absolute atomic E-state index is 5.91. The highest BCUT2D eigenvalue weighted by Crippen LogP contribution is 2.39. The zero-order valence-corrected chi connectivity index (χ0v) is 9.54. The first-order chi connectivity index (χ1) is 7.26. The van der Waals surface area contributed by atoms with Gasteiger partial charge in [-0.1, -0.05) is 24.6 Å². The molecule has 0 bridgehead atoms. The number of fused-ring (bicyclic) bond motifs is 1. The molecule has 2 unspecified atom stereocenters. The second-order valence-electron chi connectivity index (χ2n) is 3.55. The van der Waals surface area contributed by atoms with E-state index in [9.17, 15) is 0 Å². The summed E-state index contributed by atoms with van der Waals surface area (Å²) >= 11 is 5.91. The number of ether oxygens (including phenoxy) is 1. The first-order valence-electron chi connectivity index (χ1n) is 5.01. The monoisotopic (exact) mass is 227 g/mol. The summed E-state index contributed by atoms with van der Waals surface area (Å²) in [5.41, 5.74) is 4.06. The summed E-state index contributed by atoms with van der Waals surface area (Å²) in [7, 11) is 1.61. The van der Waals surface area contributed by atoms with E-state index in [-0.39, 0.29) is 12.1 Å². The van der Waals surface area contributed by atoms with E-state index < -0.39 is 0 Å². The summed E-state index contributed by atoms with van der Waals surface area (Å²) in [5.74, 6) is 0.851. The highest BCUT2D eigenvalue weighted by molar-refractivity contribution is 6.30. The molecule has 3 nitrogen and oxygen atoms in total. The average Bonchev–Trinajstić information content (AvgIpc) is 2.56. The second kappa shape index (κ2) is 4.39. The Morgan fingerprint density at radius 2 is 2.33 bits per heavy atom. The van der Waals surface area contributed by atoms with Crippen molar-refractivity contribution in [1.82, 2.24) is 5.48 Å².